The van der Waals surface area contributed by atoms with Gasteiger partial charge in [-0.05, 0) is 85.4 Å². The molecule has 5 aliphatic rings. The maximum atomic E-state index is 11.6. The van der Waals surface area contributed by atoms with Crippen LogP contribution in [0.2, 0.25) is 0 Å². The summed E-state index contributed by atoms with van der Waals surface area (Å²) in [6.07, 6.45) is 12.6. The van der Waals surface area contributed by atoms with Gasteiger partial charge in [-0.1, -0.05) is 39.3 Å². The molecule has 1 aliphatic heterocycles. The highest BCUT2D eigenvalue weighted by Crippen LogP contribution is 2.70. The van der Waals surface area contributed by atoms with Crippen LogP contribution in [0.5, 0.6) is 0 Å². The van der Waals surface area contributed by atoms with Crippen LogP contribution in [0.4, 0.5) is 0 Å². The first kappa shape index (κ1) is 28.1. The first-order chi connectivity index (χ1) is 17.9. The van der Waals surface area contributed by atoms with E-state index in [1.165, 1.54) is 19.8 Å². The van der Waals surface area contributed by atoms with Crippen LogP contribution in [0.15, 0.2) is 11.6 Å². The molecule has 0 aromatic rings. The Balaban J connectivity index is 1.30. The van der Waals surface area contributed by atoms with E-state index in [0.717, 1.165) is 50.9 Å². The Bertz CT molecular complexity index is 963. The molecule has 214 valence electrons. The zero-order valence-corrected chi connectivity index (χ0v) is 24.8. The number of amides is 1. The van der Waals surface area contributed by atoms with Gasteiger partial charge in [0.15, 0.2) is 5.79 Å². The molecule has 4 fully saturated rings. The van der Waals surface area contributed by atoms with Gasteiger partial charge in [0.25, 0.3) is 0 Å². The van der Waals surface area contributed by atoms with E-state index in [0.29, 0.717) is 36.1 Å². The summed E-state index contributed by atoms with van der Waals surface area (Å²) in [6.45, 7) is 13.5. The highest BCUT2D eigenvalue weighted by molar-refractivity contribution is 5.72. The Morgan fingerprint density at radius 3 is 2.63 bits per heavy atom. The fourth-order valence-corrected chi connectivity index (χ4v) is 10.1. The largest absolute Gasteiger partial charge is 0.462 e. The van der Waals surface area contributed by atoms with E-state index in [1.54, 1.807) is 12.5 Å². The quantitative estimate of drug-likeness (QED) is 0.322. The lowest BCUT2D eigenvalue weighted by Crippen LogP contribution is -2.52. The van der Waals surface area contributed by atoms with Crippen LogP contribution in [-0.2, 0) is 23.8 Å². The summed E-state index contributed by atoms with van der Waals surface area (Å²) in [5, 5.41) is 2.96. The van der Waals surface area contributed by atoms with Crippen molar-refractivity contribution in [3.63, 3.8) is 0 Å². The van der Waals surface area contributed by atoms with Crippen molar-refractivity contribution >= 4 is 11.9 Å². The number of hydrogen-bond donors (Lipinski definition) is 1. The van der Waals surface area contributed by atoms with E-state index in [1.807, 2.05) is 7.11 Å². The van der Waals surface area contributed by atoms with Gasteiger partial charge in [0, 0.05) is 46.3 Å². The predicted molar refractivity (Wildman–Crippen MR) is 147 cm³/mol. The second kappa shape index (κ2) is 10.2. The predicted octanol–water partition coefficient (Wildman–Crippen LogP) is 6.04. The van der Waals surface area contributed by atoms with Crippen LogP contribution < -0.4 is 5.32 Å². The molecule has 0 aromatic heterocycles. The van der Waals surface area contributed by atoms with Crippen LogP contribution in [0.25, 0.3) is 0 Å². The minimum Gasteiger partial charge on any atom is -0.462 e. The molecule has 0 spiro atoms. The number of carbonyl (C=O) groups is 2. The number of ether oxygens (including phenoxy) is 3. The number of carbonyl (C=O) groups excluding carboxylic acids is 2. The second-order valence-electron chi connectivity index (χ2n) is 14.1. The van der Waals surface area contributed by atoms with Crippen LogP contribution >= 0.6 is 0 Å². The SMILES string of the molecule is CO[C@]1(CC[C@@H](C)CNC(C)=O)O[C@@H]2C[C@H]3[C@H]4CC=C5C[C@H](OC(C)=O)CC[C@]5(C)[C@@H]4CC[C@]3(C)[C@@H]2[C@@H]1C. The zero-order chi connectivity index (χ0) is 27.5. The molecule has 0 radical (unpaired) electrons. The van der Waals surface area contributed by atoms with Gasteiger partial charge < -0.3 is 19.5 Å². The molecule has 0 aromatic carbocycles. The average molecular weight is 530 g/mol. The normalized spacial score (nSPS) is 46.2. The Kier molecular flexibility index (Phi) is 7.56. The lowest BCUT2D eigenvalue weighted by molar-refractivity contribution is -0.238. The molecule has 38 heavy (non-hydrogen) atoms. The van der Waals surface area contributed by atoms with Crippen molar-refractivity contribution in [1.82, 2.24) is 5.32 Å². The Morgan fingerprint density at radius 1 is 1.18 bits per heavy atom. The summed E-state index contributed by atoms with van der Waals surface area (Å²) < 4.78 is 18.8. The molecular formula is C32H51NO5. The maximum absolute atomic E-state index is 11.6. The van der Waals surface area contributed by atoms with Crippen LogP contribution in [0.1, 0.15) is 99.3 Å². The fourth-order valence-electron chi connectivity index (χ4n) is 10.1. The second-order valence-corrected chi connectivity index (χ2v) is 14.1. The van der Waals surface area contributed by atoms with Crippen molar-refractivity contribution in [3.05, 3.63) is 11.6 Å². The van der Waals surface area contributed by atoms with E-state index in [9.17, 15) is 9.59 Å². The van der Waals surface area contributed by atoms with Gasteiger partial charge in [-0.3, -0.25) is 9.59 Å². The monoisotopic (exact) mass is 529 g/mol. The molecule has 1 amide bonds. The first-order valence-electron chi connectivity index (χ1n) is 15.3. The van der Waals surface area contributed by atoms with Gasteiger partial charge in [0.2, 0.25) is 5.91 Å². The van der Waals surface area contributed by atoms with Gasteiger partial charge >= 0.3 is 5.97 Å². The summed E-state index contributed by atoms with van der Waals surface area (Å²) in [5.74, 6) is 2.74. The molecule has 3 saturated carbocycles. The number of esters is 1. The summed E-state index contributed by atoms with van der Waals surface area (Å²) in [5.41, 5.74) is 2.07. The third-order valence-electron chi connectivity index (χ3n) is 12.1. The summed E-state index contributed by atoms with van der Waals surface area (Å²) in [6, 6.07) is 0. The Morgan fingerprint density at radius 2 is 1.95 bits per heavy atom. The van der Waals surface area contributed by atoms with Gasteiger partial charge in [-0.25, -0.2) is 0 Å². The van der Waals surface area contributed by atoms with Gasteiger partial charge in [0.1, 0.15) is 6.10 Å². The van der Waals surface area contributed by atoms with Gasteiger partial charge in [-0.15, -0.1) is 0 Å². The number of nitrogens with one attached hydrogen (secondary N) is 1. The highest BCUT2D eigenvalue weighted by Gasteiger charge is 2.68. The molecule has 6 heteroatoms. The van der Waals surface area contributed by atoms with Crippen molar-refractivity contribution in [1.29, 1.82) is 0 Å². The van der Waals surface area contributed by atoms with Crippen molar-refractivity contribution in [2.75, 3.05) is 13.7 Å². The van der Waals surface area contributed by atoms with E-state index in [4.69, 9.17) is 14.2 Å². The summed E-state index contributed by atoms with van der Waals surface area (Å²) >= 11 is 0. The Hall–Kier alpha value is -1.40. The lowest BCUT2D eigenvalue weighted by atomic mass is 9.47. The first-order valence-corrected chi connectivity index (χ1v) is 15.3. The molecule has 1 N–H and O–H groups in total. The van der Waals surface area contributed by atoms with E-state index < -0.39 is 5.79 Å². The molecule has 5 rings (SSSR count). The third kappa shape index (κ3) is 4.56. The summed E-state index contributed by atoms with van der Waals surface area (Å²) in [7, 11) is 1.83. The molecule has 0 unspecified atom stereocenters. The number of hydrogen-bond acceptors (Lipinski definition) is 5. The van der Waals surface area contributed by atoms with Crippen LogP contribution in [0, 0.1) is 46.3 Å². The Labute approximate surface area is 230 Å². The number of rotatable bonds is 7. The van der Waals surface area contributed by atoms with Crippen molar-refractivity contribution < 1.29 is 23.8 Å². The standard InChI is InChI=1S/C32H51NO5/c1-19(18-33-21(3)34)10-15-32(36-7)20(2)29-28(38-32)17-27-25-9-8-23-16-24(37-22(4)35)11-13-30(23,5)26(25)12-14-31(27,29)6/h8,19-20,24-29H,9-18H2,1-7H3,(H,33,34)/t19-,20+,24-,25+,26-,27+,28-,29-,30+,31+,32-/m1/s1. The minimum absolute atomic E-state index is 0.0314. The van der Waals surface area contributed by atoms with E-state index in [2.05, 4.69) is 39.1 Å². The smallest absolute Gasteiger partial charge is 0.302 e. The van der Waals surface area contributed by atoms with E-state index >= 15 is 0 Å². The average Bonchev–Trinajstić information content (AvgIpc) is 3.31. The fraction of sp³-hybridized carbons (Fsp3) is 0.875. The molecule has 1 saturated heterocycles. The van der Waals surface area contributed by atoms with Crippen LogP contribution in [0.3, 0.4) is 0 Å². The van der Waals surface area contributed by atoms with Gasteiger partial charge in [0.05, 0.1) is 6.10 Å². The lowest BCUT2D eigenvalue weighted by Gasteiger charge is -2.58. The van der Waals surface area contributed by atoms with Crippen molar-refractivity contribution in [2.24, 2.45) is 46.3 Å². The highest BCUT2D eigenvalue weighted by atomic mass is 16.7. The topological polar surface area (TPSA) is 73.9 Å². The number of methoxy groups -OCH3 is 1. The maximum Gasteiger partial charge on any atom is 0.302 e. The molecular weight excluding hydrogens is 478 g/mol. The molecule has 6 nitrogen and oxygen atoms in total. The van der Waals surface area contributed by atoms with Crippen molar-refractivity contribution in [2.45, 2.75) is 117 Å². The van der Waals surface area contributed by atoms with Crippen LogP contribution in [-0.4, -0.2) is 43.5 Å². The summed E-state index contributed by atoms with van der Waals surface area (Å²) in [4.78, 5) is 22.9. The molecule has 1 heterocycles. The number of fused-ring (bicyclic) bond motifs is 7. The van der Waals surface area contributed by atoms with E-state index in [-0.39, 0.29) is 34.9 Å². The molecule has 4 aliphatic carbocycles. The zero-order valence-electron chi connectivity index (χ0n) is 24.8. The van der Waals surface area contributed by atoms with Crippen molar-refractivity contribution in [3.8, 4) is 0 Å². The molecule has 0 bridgehead atoms. The molecule has 11 atom stereocenters. The number of allylic oxidation sites excluding steroid dienone is 1. The third-order valence-corrected chi connectivity index (χ3v) is 12.1. The van der Waals surface area contributed by atoms with Gasteiger partial charge in [-0.2, -0.15) is 0 Å². The minimum atomic E-state index is -0.522.